The fraction of sp³-hybridized carbons (Fsp3) is 0.286. The number of nitrogens with zero attached hydrogens (tertiary/aromatic N) is 1. The molecule has 1 aliphatic rings. The van der Waals surface area contributed by atoms with E-state index in [2.05, 4.69) is 5.32 Å². The molecule has 1 fully saturated rings. The molecule has 2 amide bonds. The van der Waals surface area contributed by atoms with Gasteiger partial charge in [-0.05, 0) is 25.0 Å². The summed E-state index contributed by atoms with van der Waals surface area (Å²) in [5.41, 5.74) is 1.70. The minimum Gasteiger partial charge on any atom is -0.352 e. The Labute approximate surface area is 153 Å². The molecule has 2 aromatic rings. The quantitative estimate of drug-likeness (QED) is 0.617. The van der Waals surface area contributed by atoms with Crippen molar-refractivity contribution in [3.05, 3.63) is 71.3 Å². The lowest BCUT2D eigenvalue weighted by atomic mass is 10.0. The molecule has 0 unspecified atom stereocenters. The van der Waals surface area contributed by atoms with Gasteiger partial charge in [0.2, 0.25) is 5.91 Å². The highest BCUT2D eigenvalue weighted by Crippen LogP contribution is 2.12. The third-order valence-corrected chi connectivity index (χ3v) is 4.51. The van der Waals surface area contributed by atoms with Gasteiger partial charge in [0.15, 0.2) is 5.78 Å². The molecule has 0 aromatic heterocycles. The predicted octanol–water partition coefficient (Wildman–Crippen LogP) is 2.66. The molecule has 1 saturated heterocycles. The standard InChI is InChI=1S/C21H22N2O3/c24-19-8-4-14-23(19)15-5-13-22-21(26)18-11-9-17(10-12-18)20(25)16-6-2-1-3-7-16/h1-3,6-7,9-12H,4-5,8,13-15H2,(H,22,26). The van der Waals surface area contributed by atoms with Crippen molar-refractivity contribution in [1.82, 2.24) is 10.2 Å². The van der Waals surface area contributed by atoms with Crippen molar-refractivity contribution in [2.75, 3.05) is 19.6 Å². The average Bonchev–Trinajstić information content (AvgIpc) is 3.10. The van der Waals surface area contributed by atoms with Gasteiger partial charge in [-0.3, -0.25) is 14.4 Å². The van der Waals surface area contributed by atoms with E-state index in [0.717, 1.165) is 19.4 Å². The smallest absolute Gasteiger partial charge is 0.251 e. The van der Waals surface area contributed by atoms with Crippen LogP contribution in [0.15, 0.2) is 54.6 Å². The van der Waals surface area contributed by atoms with E-state index in [1.54, 1.807) is 36.4 Å². The summed E-state index contributed by atoms with van der Waals surface area (Å²) in [7, 11) is 0. The lowest BCUT2D eigenvalue weighted by Gasteiger charge is -2.15. The van der Waals surface area contributed by atoms with Crippen LogP contribution in [0, 0.1) is 0 Å². The summed E-state index contributed by atoms with van der Waals surface area (Å²) in [5, 5.41) is 2.86. The maximum Gasteiger partial charge on any atom is 0.251 e. The van der Waals surface area contributed by atoms with Crippen LogP contribution in [-0.2, 0) is 4.79 Å². The van der Waals surface area contributed by atoms with Gasteiger partial charge in [0.1, 0.15) is 0 Å². The normalized spacial score (nSPS) is 13.7. The van der Waals surface area contributed by atoms with E-state index in [0.29, 0.717) is 36.2 Å². The van der Waals surface area contributed by atoms with E-state index < -0.39 is 0 Å². The number of carbonyl (C=O) groups is 3. The Morgan fingerprint density at radius 3 is 2.23 bits per heavy atom. The van der Waals surface area contributed by atoms with Gasteiger partial charge in [-0.1, -0.05) is 42.5 Å². The fourth-order valence-electron chi connectivity index (χ4n) is 3.04. The third-order valence-electron chi connectivity index (χ3n) is 4.51. The van der Waals surface area contributed by atoms with Crippen LogP contribution in [0.4, 0.5) is 0 Å². The summed E-state index contributed by atoms with van der Waals surface area (Å²) in [5.74, 6) is -0.0284. The summed E-state index contributed by atoms with van der Waals surface area (Å²) in [6.45, 7) is 2.03. The molecule has 1 N–H and O–H groups in total. The molecule has 3 rings (SSSR count). The summed E-state index contributed by atoms with van der Waals surface area (Å²) >= 11 is 0. The zero-order valence-corrected chi connectivity index (χ0v) is 14.6. The molecular weight excluding hydrogens is 328 g/mol. The highest BCUT2D eigenvalue weighted by molar-refractivity contribution is 6.09. The summed E-state index contributed by atoms with van der Waals surface area (Å²) in [6.07, 6.45) is 2.31. The second kappa shape index (κ2) is 8.43. The van der Waals surface area contributed by atoms with E-state index in [-0.39, 0.29) is 17.6 Å². The highest BCUT2D eigenvalue weighted by atomic mass is 16.2. The van der Waals surface area contributed by atoms with Crippen LogP contribution >= 0.6 is 0 Å². The Hall–Kier alpha value is -2.95. The lowest BCUT2D eigenvalue weighted by Crippen LogP contribution is -2.30. The van der Waals surface area contributed by atoms with Crippen molar-refractivity contribution >= 4 is 17.6 Å². The van der Waals surface area contributed by atoms with Gasteiger partial charge in [-0.25, -0.2) is 0 Å². The van der Waals surface area contributed by atoms with Crippen LogP contribution in [0.5, 0.6) is 0 Å². The van der Waals surface area contributed by atoms with Gasteiger partial charge in [0.05, 0.1) is 0 Å². The highest BCUT2D eigenvalue weighted by Gasteiger charge is 2.19. The molecule has 2 aromatic carbocycles. The van der Waals surface area contributed by atoms with Crippen molar-refractivity contribution in [2.45, 2.75) is 19.3 Å². The molecule has 1 heterocycles. The topological polar surface area (TPSA) is 66.5 Å². The molecule has 1 aliphatic heterocycles. The molecule has 0 bridgehead atoms. The molecule has 0 saturated carbocycles. The maximum atomic E-state index is 12.4. The van der Waals surface area contributed by atoms with Crippen LogP contribution in [-0.4, -0.2) is 42.1 Å². The number of likely N-dealkylation sites (tertiary alicyclic amines) is 1. The van der Waals surface area contributed by atoms with Crippen LogP contribution in [0.2, 0.25) is 0 Å². The van der Waals surface area contributed by atoms with Crippen LogP contribution < -0.4 is 5.32 Å². The number of carbonyl (C=O) groups excluding carboxylic acids is 3. The van der Waals surface area contributed by atoms with Crippen LogP contribution in [0.3, 0.4) is 0 Å². The Balaban J connectivity index is 1.49. The summed E-state index contributed by atoms with van der Waals surface area (Å²) < 4.78 is 0. The van der Waals surface area contributed by atoms with Crippen molar-refractivity contribution in [3.8, 4) is 0 Å². The molecule has 0 aliphatic carbocycles. The van der Waals surface area contributed by atoms with Crippen LogP contribution in [0.25, 0.3) is 0 Å². The number of hydrogen-bond donors (Lipinski definition) is 1. The first kappa shape index (κ1) is 17.9. The Morgan fingerprint density at radius 1 is 0.923 bits per heavy atom. The first-order chi connectivity index (χ1) is 12.6. The van der Waals surface area contributed by atoms with Crippen molar-refractivity contribution in [1.29, 1.82) is 0 Å². The predicted molar refractivity (Wildman–Crippen MR) is 99.1 cm³/mol. The first-order valence-corrected chi connectivity index (χ1v) is 8.91. The minimum atomic E-state index is -0.170. The Morgan fingerprint density at radius 2 is 1.58 bits per heavy atom. The number of ketones is 1. The van der Waals surface area contributed by atoms with E-state index in [4.69, 9.17) is 0 Å². The van der Waals surface area contributed by atoms with Gasteiger partial charge in [-0.2, -0.15) is 0 Å². The molecule has 0 radical (unpaired) electrons. The first-order valence-electron chi connectivity index (χ1n) is 8.91. The number of amides is 2. The van der Waals surface area contributed by atoms with E-state index in [9.17, 15) is 14.4 Å². The van der Waals surface area contributed by atoms with Crippen molar-refractivity contribution < 1.29 is 14.4 Å². The zero-order valence-electron chi connectivity index (χ0n) is 14.6. The van der Waals surface area contributed by atoms with Gasteiger partial charge >= 0.3 is 0 Å². The van der Waals surface area contributed by atoms with E-state index in [1.807, 2.05) is 23.1 Å². The van der Waals surface area contributed by atoms with Crippen LogP contribution in [0.1, 0.15) is 45.5 Å². The molecular formula is C21H22N2O3. The van der Waals surface area contributed by atoms with Gasteiger partial charge in [-0.15, -0.1) is 0 Å². The number of nitrogens with one attached hydrogen (secondary N) is 1. The van der Waals surface area contributed by atoms with Gasteiger partial charge < -0.3 is 10.2 Å². The number of benzene rings is 2. The molecule has 134 valence electrons. The molecule has 5 nitrogen and oxygen atoms in total. The SMILES string of the molecule is O=C(NCCCN1CCCC1=O)c1ccc(C(=O)c2ccccc2)cc1. The van der Waals surface area contributed by atoms with Gasteiger partial charge in [0.25, 0.3) is 5.91 Å². The molecule has 0 atom stereocenters. The van der Waals surface area contributed by atoms with E-state index >= 15 is 0 Å². The average molecular weight is 350 g/mol. The fourth-order valence-corrected chi connectivity index (χ4v) is 3.04. The monoisotopic (exact) mass is 350 g/mol. The zero-order chi connectivity index (χ0) is 18.4. The number of hydrogen-bond acceptors (Lipinski definition) is 3. The summed E-state index contributed by atoms with van der Waals surface area (Å²) in [4.78, 5) is 37.9. The largest absolute Gasteiger partial charge is 0.352 e. The third kappa shape index (κ3) is 4.36. The Bertz CT molecular complexity index is 785. The van der Waals surface area contributed by atoms with Gasteiger partial charge in [0, 0.05) is 42.7 Å². The van der Waals surface area contributed by atoms with Crippen molar-refractivity contribution in [3.63, 3.8) is 0 Å². The van der Waals surface area contributed by atoms with Crippen molar-refractivity contribution in [2.24, 2.45) is 0 Å². The molecule has 26 heavy (non-hydrogen) atoms. The minimum absolute atomic E-state index is 0.0622. The summed E-state index contributed by atoms with van der Waals surface area (Å²) in [6, 6.07) is 15.7. The lowest BCUT2D eigenvalue weighted by molar-refractivity contribution is -0.127. The number of rotatable bonds is 7. The second-order valence-corrected chi connectivity index (χ2v) is 6.37. The molecule has 0 spiro atoms. The Kier molecular flexibility index (Phi) is 5.79. The molecule has 5 heteroatoms. The maximum absolute atomic E-state index is 12.4. The van der Waals surface area contributed by atoms with E-state index in [1.165, 1.54) is 0 Å². The second-order valence-electron chi connectivity index (χ2n) is 6.37.